The van der Waals surface area contributed by atoms with Crippen LogP contribution in [0.1, 0.15) is 46.5 Å². The number of piperazine rings is 1. The van der Waals surface area contributed by atoms with Gasteiger partial charge in [-0.1, -0.05) is 0 Å². The molecule has 1 aromatic heterocycles. The molecule has 3 aromatic rings. The predicted octanol–water partition coefficient (Wildman–Crippen LogP) is 4.94. The summed E-state index contributed by atoms with van der Waals surface area (Å²) >= 11 is 0. The van der Waals surface area contributed by atoms with Crippen molar-refractivity contribution in [2.24, 2.45) is 0 Å². The summed E-state index contributed by atoms with van der Waals surface area (Å²) in [6.07, 6.45) is 6.87. The minimum Gasteiger partial charge on any atom is -0.488 e. The van der Waals surface area contributed by atoms with E-state index in [1.54, 1.807) is 31.4 Å². The van der Waals surface area contributed by atoms with Crippen molar-refractivity contribution in [3.63, 3.8) is 0 Å². The van der Waals surface area contributed by atoms with Gasteiger partial charge in [0.2, 0.25) is 9.84 Å². The predicted molar refractivity (Wildman–Crippen MR) is 185 cm³/mol. The Balaban J connectivity index is 1.23. The molecule has 13 heteroatoms. The quantitative estimate of drug-likeness (QED) is 0.308. The van der Waals surface area contributed by atoms with E-state index in [1.807, 2.05) is 0 Å². The standard InChI is InChI=1S/C35H47F2N5O4S2/c1-5-46-35-30(36)21-28(22-31(35)37)48(44,45)33-23-38-32-7-6-27(47(4)43)20-29(32)34(33)42-14-10-25(11-15-42)40-12-8-26(9-13-40)41-18-16-39(17-19-41)24(2)3/h6-7,20-26H,5,8-19H2,1-4H3. The fourth-order valence-corrected chi connectivity index (χ4v) is 9.63. The maximum atomic E-state index is 14.9. The summed E-state index contributed by atoms with van der Waals surface area (Å²) in [5.74, 6) is -2.78. The Labute approximate surface area is 285 Å². The summed E-state index contributed by atoms with van der Waals surface area (Å²) in [6.45, 7) is 14.0. The number of piperidine rings is 2. The SMILES string of the molecule is CCOc1c(F)cc(S(=O)(=O)c2cnc3ccc(S(C)=O)cc3c2N2CCC(N3CCC(N4CCN(C(C)C)CC4)CC3)CC2)cc1F. The molecule has 4 heterocycles. The van der Waals surface area contributed by atoms with Gasteiger partial charge in [0.25, 0.3) is 0 Å². The highest BCUT2D eigenvalue weighted by atomic mass is 32.2. The monoisotopic (exact) mass is 703 g/mol. The summed E-state index contributed by atoms with van der Waals surface area (Å²) < 4.78 is 75.6. The van der Waals surface area contributed by atoms with Gasteiger partial charge in [-0.05, 0) is 89.9 Å². The lowest BCUT2D eigenvalue weighted by molar-refractivity contribution is 0.0359. The summed E-state index contributed by atoms with van der Waals surface area (Å²) in [6, 6.07) is 8.40. The zero-order valence-electron chi connectivity index (χ0n) is 28.3. The number of fused-ring (bicyclic) bond motifs is 1. The van der Waals surface area contributed by atoms with Crippen LogP contribution >= 0.6 is 0 Å². The Morgan fingerprint density at radius 2 is 1.48 bits per heavy atom. The Morgan fingerprint density at radius 3 is 2.04 bits per heavy atom. The van der Waals surface area contributed by atoms with Gasteiger partial charge in [-0.25, -0.2) is 17.2 Å². The third kappa shape index (κ3) is 7.12. The Morgan fingerprint density at radius 1 is 0.896 bits per heavy atom. The number of likely N-dealkylation sites (tertiary alicyclic amines) is 1. The average Bonchev–Trinajstić information content (AvgIpc) is 3.09. The van der Waals surface area contributed by atoms with Gasteiger partial charge in [0.05, 0.1) is 22.7 Å². The molecule has 9 nitrogen and oxygen atoms in total. The molecule has 1 atom stereocenters. The van der Waals surface area contributed by atoms with E-state index in [-0.39, 0.29) is 11.5 Å². The molecule has 0 spiro atoms. The fraction of sp³-hybridized carbons (Fsp3) is 0.571. The summed E-state index contributed by atoms with van der Waals surface area (Å²) in [5.41, 5.74) is 0.986. The molecule has 48 heavy (non-hydrogen) atoms. The molecule has 0 N–H and O–H groups in total. The molecule has 0 aliphatic carbocycles. The lowest BCUT2D eigenvalue weighted by atomic mass is 9.96. The van der Waals surface area contributed by atoms with Crippen molar-refractivity contribution in [1.29, 1.82) is 0 Å². The molecule has 3 aliphatic rings. The van der Waals surface area contributed by atoms with Gasteiger partial charge in [0.15, 0.2) is 17.4 Å². The fourth-order valence-electron chi connectivity index (χ4n) is 7.63. The second-order valence-corrected chi connectivity index (χ2v) is 16.7. The van der Waals surface area contributed by atoms with Crippen LogP contribution in [0.5, 0.6) is 5.75 Å². The van der Waals surface area contributed by atoms with Crippen LogP contribution < -0.4 is 9.64 Å². The third-order valence-electron chi connectivity index (χ3n) is 10.4. The number of rotatable bonds is 9. The second kappa shape index (κ2) is 14.6. The van der Waals surface area contributed by atoms with Crippen LogP contribution in [0.15, 0.2) is 51.2 Å². The molecule has 3 aliphatic heterocycles. The third-order valence-corrected chi connectivity index (χ3v) is 13.0. The molecule has 3 saturated heterocycles. The number of halogens is 2. The van der Waals surface area contributed by atoms with E-state index in [0.29, 0.717) is 52.7 Å². The van der Waals surface area contributed by atoms with Crippen molar-refractivity contribution in [2.75, 3.05) is 70.1 Å². The highest BCUT2D eigenvalue weighted by molar-refractivity contribution is 7.91. The number of hydrogen-bond acceptors (Lipinski definition) is 9. The zero-order chi connectivity index (χ0) is 34.2. The molecule has 2 aromatic carbocycles. The second-order valence-electron chi connectivity index (χ2n) is 13.4. The first-order valence-corrected chi connectivity index (χ1v) is 20.1. The van der Waals surface area contributed by atoms with Crippen LogP contribution in [0.4, 0.5) is 14.5 Å². The molecule has 0 saturated carbocycles. The highest BCUT2D eigenvalue weighted by Crippen LogP contribution is 2.39. The summed E-state index contributed by atoms with van der Waals surface area (Å²) in [7, 11) is -5.73. The van der Waals surface area contributed by atoms with Crippen LogP contribution in [-0.4, -0.2) is 116 Å². The minimum atomic E-state index is -4.41. The molecule has 0 bridgehead atoms. The van der Waals surface area contributed by atoms with Gasteiger partial charge in [0, 0.05) is 90.9 Å². The largest absolute Gasteiger partial charge is 0.488 e. The van der Waals surface area contributed by atoms with E-state index < -0.39 is 42.9 Å². The van der Waals surface area contributed by atoms with Crippen molar-refractivity contribution in [3.8, 4) is 5.75 Å². The van der Waals surface area contributed by atoms with Crippen molar-refractivity contribution < 1.29 is 26.1 Å². The van der Waals surface area contributed by atoms with Crippen LogP contribution in [-0.2, 0) is 20.6 Å². The molecule has 6 rings (SSSR count). The number of nitrogens with zero attached hydrogens (tertiary/aromatic N) is 5. The number of hydrogen-bond donors (Lipinski definition) is 0. The lowest BCUT2D eigenvalue weighted by Crippen LogP contribution is -2.56. The number of pyridine rings is 1. The normalized spacial score (nSPS) is 20.5. The number of anilines is 1. The molecule has 0 amide bonds. The van der Waals surface area contributed by atoms with E-state index in [1.165, 1.54) is 6.20 Å². The van der Waals surface area contributed by atoms with Gasteiger partial charge in [0.1, 0.15) is 4.90 Å². The summed E-state index contributed by atoms with van der Waals surface area (Å²) in [4.78, 5) is 14.2. The topological polar surface area (TPSA) is 86.3 Å². The van der Waals surface area contributed by atoms with Gasteiger partial charge >= 0.3 is 0 Å². The first-order chi connectivity index (χ1) is 23.0. The number of sulfone groups is 1. The van der Waals surface area contributed by atoms with Crippen molar-refractivity contribution in [3.05, 3.63) is 48.2 Å². The van der Waals surface area contributed by atoms with E-state index in [9.17, 15) is 21.4 Å². The van der Waals surface area contributed by atoms with E-state index in [4.69, 9.17) is 4.74 Å². The summed E-state index contributed by atoms with van der Waals surface area (Å²) in [5, 5.41) is 0.549. The van der Waals surface area contributed by atoms with Crippen LogP contribution in [0.3, 0.4) is 0 Å². The molecule has 1 unspecified atom stereocenters. The van der Waals surface area contributed by atoms with Crippen molar-refractivity contribution in [2.45, 2.75) is 79.3 Å². The van der Waals surface area contributed by atoms with Crippen LogP contribution in [0.25, 0.3) is 10.9 Å². The highest BCUT2D eigenvalue weighted by Gasteiger charge is 2.35. The average molecular weight is 704 g/mol. The van der Waals surface area contributed by atoms with Crippen LogP contribution in [0.2, 0.25) is 0 Å². The van der Waals surface area contributed by atoms with E-state index in [0.717, 1.165) is 77.1 Å². The molecule has 3 fully saturated rings. The van der Waals surface area contributed by atoms with E-state index in [2.05, 4.69) is 38.4 Å². The van der Waals surface area contributed by atoms with Gasteiger partial charge in [-0.15, -0.1) is 0 Å². The Bertz CT molecular complexity index is 1730. The molecule has 262 valence electrons. The first kappa shape index (κ1) is 35.1. The minimum absolute atomic E-state index is 0.0313. The molecular formula is C35H47F2N5O4S2. The Kier molecular flexibility index (Phi) is 10.7. The van der Waals surface area contributed by atoms with Gasteiger partial charge in [-0.2, -0.15) is 0 Å². The Hall–Kier alpha value is -2.71. The van der Waals surface area contributed by atoms with Crippen molar-refractivity contribution >= 4 is 37.2 Å². The maximum absolute atomic E-state index is 14.9. The first-order valence-electron chi connectivity index (χ1n) is 17.1. The van der Waals surface area contributed by atoms with E-state index >= 15 is 0 Å². The van der Waals surface area contributed by atoms with Crippen LogP contribution in [0, 0.1) is 11.6 Å². The van der Waals surface area contributed by atoms with Crippen molar-refractivity contribution in [1.82, 2.24) is 19.7 Å². The smallest absolute Gasteiger partial charge is 0.210 e. The maximum Gasteiger partial charge on any atom is 0.210 e. The number of aromatic nitrogens is 1. The van der Waals surface area contributed by atoms with Gasteiger partial charge < -0.3 is 14.5 Å². The number of ether oxygens (including phenoxy) is 1. The lowest BCUT2D eigenvalue weighted by Gasteiger charge is -2.46. The number of benzene rings is 2. The zero-order valence-corrected chi connectivity index (χ0v) is 30.0. The molecular weight excluding hydrogens is 657 g/mol. The van der Waals surface area contributed by atoms with Gasteiger partial charge in [-0.3, -0.25) is 19.0 Å². The molecule has 0 radical (unpaired) electrons.